The van der Waals surface area contributed by atoms with Crippen LogP contribution in [0.1, 0.15) is 0 Å². The molecule has 0 radical (unpaired) electrons. The smallest absolute Gasteiger partial charge is 0.308 e. The third kappa shape index (κ3) is 3.21. The molecule has 5 nitrogen and oxygen atoms in total. The summed E-state index contributed by atoms with van der Waals surface area (Å²) in [4.78, 5) is 16.4. The van der Waals surface area contributed by atoms with E-state index in [2.05, 4.69) is 15.6 Å². The third-order valence-electron chi connectivity index (χ3n) is 3.94. The van der Waals surface area contributed by atoms with Gasteiger partial charge in [-0.15, -0.1) is 0 Å². The van der Waals surface area contributed by atoms with Crippen LogP contribution in [-0.2, 0) is 0 Å². The van der Waals surface area contributed by atoms with E-state index in [1.165, 1.54) is 0 Å². The number of amides is 2. The Morgan fingerprint density at radius 1 is 0.880 bits per heavy atom. The average Bonchev–Trinajstić information content (AvgIpc) is 3.16. The maximum atomic E-state index is 12.4. The number of fused-ring (bicyclic) bond motifs is 1. The lowest BCUT2D eigenvalue weighted by Gasteiger charge is -2.12. The first-order chi connectivity index (χ1) is 12.3. The fourth-order valence-electron chi connectivity index (χ4n) is 2.76. The van der Waals surface area contributed by atoms with Crippen molar-refractivity contribution in [3.8, 4) is 5.69 Å². The molecule has 0 bridgehead atoms. The van der Waals surface area contributed by atoms with Crippen LogP contribution in [0.25, 0.3) is 16.5 Å². The first-order valence-electron chi connectivity index (χ1n) is 7.94. The Balaban J connectivity index is 1.54. The molecule has 0 spiro atoms. The summed E-state index contributed by atoms with van der Waals surface area (Å²) in [6.45, 7) is 0. The van der Waals surface area contributed by atoms with Crippen molar-refractivity contribution in [2.24, 2.45) is 0 Å². The van der Waals surface area contributed by atoms with E-state index in [4.69, 9.17) is 0 Å². The molecule has 0 aliphatic carbocycles. The van der Waals surface area contributed by atoms with Gasteiger partial charge in [0.25, 0.3) is 0 Å². The number of carbonyl (C=O) groups excluding carboxylic acids is 1. The molecule has 4 aromatic rings. The fraction of sp³-hybridized carbons (Fsp3) is 0. The molecule has 0 saturated carbocycles. The van der Waals surface area contributed by atoms with Gasteiger partial charge in [0.05, 0.1) is 17.7 Å². The van der Waals surface area contributed by atoms with Crippen LogP contribution in [0, 0.1) is 0 Å². The number of nitrogens with one attached hydrogen (secondary N) is 2. The zero-order chi connectivity index (χ0) is 17.1. The van der Waals surface area contributed by atoms with Gasteiger partial charge in [0.15, 0.2) is 0 Å². The number of hydrogen-bond donors (Lipinski definition) is 2. The molecule has 0 atom stereocenters. The minimum absolute atomic E-state index is 0.289. The zero-order valence-corrected chi connectivity index (χ0v) is 13.4. The molecule has 1 heterocycles. The van der Waals surface area contributed by atoms with E-state index in [0.29, 0.717) is 5.69 Å². The normalized spacial score (nSPS) is 10.6. The summed E-state index contributed by atoms with van der Waals surface area (Å²) in [5, 5.41) is 8.00. The largest absolute Gasteiger partial charge is 0.323 e. The Morgan fingerprint density at radius 2 is 1.68 bits per heavy atom. The van der Waals surface area contributed by atoms with Gasteiger partial charge >= 0.3 is 6.03 Å². The van der Waals surface area contributed by atoms with E-state index in [1.54, 1.807) is 12.5 Å². The fourth-order valence-corrected chi connectivity index (χ4v) is 2.76. The minimum Gasteiger partial charge on any atom is -0.308 e. The molecule has 25 heavy (non-hydrogen) atoms. The second-order valence-corrected chi connectivity index (χ2v) is 5.63. The van der Waals surface area contributed by atoms with Gasteiger partial charge in [-0.05, 0) is 35.0 Å². The molecule has 0 aliphatic heterocycles. The van der Waals surface area contributed by atoms with Crippen LogP contribution in [0.3, 0.4) is 0 Å². The van der Waals surface area contributed by atoms with E-state index in [0.717, 1.165) is 22.1 Å². The second-order valence-electron chi connectivity index (χ2n) is 5.63. The Kier molecular flexibility index (Phi) is 3.88. The monoisotopic (exact) mass is 328 g/mol. The minimum atomic E-state index is -0.289. The molecular formula is C20H16N4O. The summed E-state index contributed by atoms with van der Waals surface area (Å²) in [6.07, 6.45) is 5.23. The maximum Gasteiger partial charge on any atom is 0.323 e. The number of hydrogen-bond acceptors (Lipinski definition) is 2. The molecular weight excluding hydrogens is 312 g/mol. The van der Waals surface area contributed by atoms with Crippen molar-refractivity contribution in [3.05, 3.63) is 85.5 Å². The SMILES string of the molecule is O=C(Nc1ccc2ccccc2c1)Nc1ccccc1-n1ccnc1. The third-order valence-corrected chi connectivity index (χ3v) is 3.94. The highest BCUT2D eigenvalue weighted by molar-refractivity contribution is 6.02. The topological polar surface area (TPSA) is 59.0 Å². The van der Waals surface area contributed by atoms with Crippen molar-refractivity contribution in [3.63, 3.8) is 0 Å². The van der Waals surface area contributed by atoms with Gasteiger partial charge in [-0.1, -0.05) is 42.5 Å². The molecule has 2 N–H and O–H groups in total. The lowest BCUT2D eigenvalue weighted by atomic mass is 10.1. The van der Waals surface area contributed by atoms with Crippen LogP contribution in [0.5, 0.6) is 0 Å². The van der Waals surface area contributed by atoms with E-state index in [1.807, 2.05) is 77.5 Å². The molecule has 122 valence electrons. The van der Waals surface area contributed by atoms with Gasteiger partial charge in [0.2, 0.25) is 0 Å². The summed E-state index contributed by atoms with van der Waals surface area (Å²) in [5.74, 6) is 0. The van der Waals surface area contributed by atoms with Gasteiger partial charge < -0.3 is 15.2 Å². The lowest BCUT2D eigenvalue weighted by molar-refractivity contribution is 0.262. The van der Waals surface area contributed by atoms with E-state index >= 15 is 0 Å². The first-order valence-corrected chi connectivity index (χ1v) is 7.94. The molecule has 5 heteroatoms. The van der Waals surface area contributed by atoms with Crippen molar-refractivity contribution < 1.29 is 4.79 Å². The number of imidazole rings is 1. The number of nitrogens with zero attached hydrogens (tertiary/aromatic N) is 2. The molecule has 2 amide bonds. The van der Waals surface area contributed by atoms with E-state index in [9.17, 15) is 4.79 Å². The molecule has 3 aromatic carbocycles. The van der Waals surface area contributed by atoms with Gasteiger partial charge in [-0.25, -0.2) is 9.78 Å². The molecule has 0 unspecified atom stereocenters. The molecule has 4 rings (SSSR count). The summed E-state index contributed by atoms with van der Waals surface area (Å²) in [7, 11) is 0. The van der Waals surface area contributed by atoms with Crippen molar-refractivity contribution in [1.29, 1.82) is 0 Å². The van der Waals surface area contributed by atoms with Crippen molar-refractivity contribution in [1.82, 2.24) is 9.55 Å². The summed E-state index contributed by atoms with van der Waals surface area (Å²) in [6, 6.07) is 21.2. The Bertz CT molecular complexity index is 1020. The predicted octanol–water partition coefficient (Wildman–Crippen LogP) is 4.67. The number of para-hydroxylation sites is 2. The number of rotatable bonds is 3. The molecule has 0 fully saturated rings. The van der Waals surface area contributed by atoms with Gasteiger partial charge in [-0.2, -0.15) is 0 Å². The molecule has 1 aromatic heterocycles. The van der Waals surface area contributed by atoms with Crippen molar-refractivity contribution in [2.45, 2.75) is 0 Å². The van der Waals surface area contributed by atoms with Gasteiger partial charge in [-0.3, -0.25) is 0 Å². The van der Waals surface area contributed by atoms with Crippen LogP contribution in [0.2, 0.25) is 0 Å². The Labute approximate surface area is 144 Å². The number of urea groups is 1. The van der Waals surface area contributed by atoms with Crippen LogP contribution < -0.4 is 10.6 Å². The zero-order valence-electron chi connectivity index (χ0n) is 13.4. The number of aromatic nitrogens is 2. The second kappa shape index (κ2) is 6.49. The number of carbonyl (C=O) groups is 1. The van der Waals surface area contributed by atoms with Crippen LogP contribution >= 0.6 is 0 Å². The Morgan fingerprint density at radius 3 is 2.52 bits per heavy atom. The summed E-state index contributed by atoms with van der Waals surface area (Å²) < 4.78 is 1.85. The quantitative estimate of drug-likeness (QED) is 0.574. The summed E-state index contributed by atoms with van der Waals surface area (Å²) >= 11 is 0. The van der Waals surface area contributed by atoms with E-state index < -0.39 is 0 Å². The predicted molar refractivity (Wildman–Crippen MR) is 100 cm³/mol. The maximum absolute atomic E-state index is 12.4. The number of benzene rings is 3. The summed E-state index contributed by atoms with van der Waals surface area (Å²) in [5.41, 5.74) is 2.31. The van der Waals surface area contributed by atoms with Crippen LogP contribution in [0.15, 0.2) is 85.5 Å². The van der Waals surface area contributed by atoms with E-state index in [-0.39, 0.29) is 6.03 Å². The highest BCUT2D eigenvalue weighted by Gasteiger charge is 2.08. The Hall–Kier alpha value is -3.60. The average molecular weight is 328 g/mol. The van der Waals surface area contributed by atoms with Crippen molar-refractivity contribution in [2.75, 3.05) is 10.6 Å². The molecule has 0 saturated heterocycles. The van der Waals surface area contributed by atoms with Crippen LogP contribution in [0.4, 0.5) is 16.2 Å². The molecule has 0 aliphatic rings. The lowest BCUT2D eigenvalue weighted by Crippen LogP contribution is -2.20. The van der Waals surface area contributed by atoms with Gasteiger partial charge in [0.1, 0.15) is 0 Å². The standard InChI is InChI=1S/C20H16N4O/c25-20(22-17-10-9-15-5-1-2-6-16(15)13-17)23-18-7-3-4-8-19(18)24-12-11-21-14-24/h1-14H,(H2,22,23,25). The highest BCUT2D eigenvalue weighted by Crippen LogP contribution is 2.21. The number of anilines is 2. The highest BCUT2D eigenvalue weighted by atomic mass is 16.2. The van der Waals surface area contributed by atoms with Crippen LogP contribution in [-0.4, -0.2) is 15.6 Å². The van der Waals surface area contributed by atoms with Gasteiger partial charge in [0, 0.05) is 18.1 Å². The first kappa shape index (κ1) is 15.0. The van der Waals surface area contributed by atoms with Crippen molar-refractivity contribution >= 4 is 28.2 Å².